The Morgan fingerprint density at radius 2 is 2.16 bits per heavy atom. The quantitative estimate of drug-likeness (QED) is 0.773. The summed E-state index contributed by atoms with van der Waals surface area (Å²) in [5.41, 5.74) is 0. The third-order valence-corrected chi connectivity index (χ3v) is 3.02. The standard InChI is InChI=1S/C12H17N5O2/c1-10-8-11(15-19-10)14-12(18)9-17-6-4-16(3-2-13)5-7-17/h8H,3-7,9H2,1H3,(H,14,15,18). The maximum atomic E-state index is 11.8. The maximum absolute atomic E-state index is 11.8. The molecule has 1 aromatic rings. The number of rotatable bonds is 4. The van der Waals surface area contributed by atoms with Crippen LogP contribution in [0.3, 0.4) is 0 Å². The van der Waals surface area contributed by atoms with Crippen molar-refractivity contribution in [3.8, 4) is 6.07 Å². The molecule has 0 aromatic carbocycles. The predicted molar refractivity (Wildman–Crippen MR) is 68.4 cm³/mol. The second-order valence-electron chi connectivity index (χ2n) is 4.58. The minimum atomic E-state index is -0.0953. The summed E-state index contributed by atoms with van der Waals surface area (Å²) in [6.07, 6.45) is 0. The van der Waals surface area contributed by atoms with Crippen LogP contribution < -0.4 is 5.32 Å². The van der Waals surface area contributed by atoms with Gasteiger partial charge in [-0.25, -0.2) is 0 Å². The van der Waals surface area contributed by atoms with Crippen molar-refractivity contribution >= 4 is 11.7 Å². The molecule has 19 heavy (non-hydrogen) atoms. The summed E-state index contributed by atoms with van der Waals surface area (Å²) in [4.78, 5) is 15.9. The van der Waals surface area contributed by atoms with Gasteiger partial charge in [0, 0.05) is 32.2 Å². The third kappa shape index (κ3) is 4.05. The number of aromatic nitrogens is 1. The van der Waals surface area contributed by atoms with Crippen molar-refractivity contribution in [2.75, 3.05) is 44.6 Å². The molecule has 0 spiro atoms. The minimum absolute atomic E-state index is 0.0953. The zero-order chi connectivity index (χ0) is 13.7. The van der Waals surface area contributed by atoms with Crippen LogP contribution >= 0.6 is 0 Å². The van der Waals surface area contributed by atoms with Gasteiger partial charge in [0.2, 0.25) is 5.91 Å². The number of nitriles is 1. The normalized spacial score (nSPS) is 17.1. The van der Waals surface area contributed by atoms with Crippen molar-refractivity contribution in [3.05, 3.63) is 11.8 Å². The van der Waals surface area contributed by atoms with Crippen molar-refractivity contribution in [2.24, 2.45) is 0 Å². The number of hydrogen-bond acceptors (Lipinski definition) is 6. The highest BCUT2D eigenvalue weighted by Gasteiger charge is 2.18. The molecule has 7 heteroatoms. The largest absolute Gasteiger partial charge is 0.360 e. The number of aryl methyl sites for hydroxylation is 1. The smallest absolute Gasteiger partial charge is 0.239 e. The summed E-state index contributed by atoms with van der Waals surface area (Å²) in [5, 5.41) is 15.0. The molecule has 1 N–H and O–H groups in total. The molecule has 0 radical (unpaired) electrons. The predicted octanol–water partition coefficient (Wildman–Crippen LogP) is 0.0627. The Hall–Kier alpha value is -1.91. The van der Waals surface area contributed by atoms with Crippen molar-refractivity contribution in [1.29, 1.82) is 5.26 Å². The first-order valence-electron chi connectivity index (χ1n) is 6.22. The lowest BCUT2D eigenvalue weighted by Gasteiger charge is -2.32. The molecule has 0 aliphatic carbocycles. The first-order valence-corrected chi connectivity index (χ1v) is 6.22. The summed E-state index contributed by atoms with van der Waals surface area (Å²) in [6.45, 7) is 5.81. The summed E-state index contributed by atoms with van der Waals surface area (Å²) < 4.78 is 4.88. The third-order valence-electron chi connectivity index (χ3n) is 3.02. The van der Waals surface area contributed by atoms with Crippen LogP contribution in [0.1, 0.15) is 5.76 Å². The van der Waals surface area contributed by atoms with Gasteiger partial charge >= 0.3 is 0 Å². The molecule has 102 valence electrons. The van der Waals surface area contributed by atoms with E-state index in [1.165, 1.54) is 0 Å². The monoisotopic (exact) mass is 263 g/mol. The molecule has 0 atom stereocenters. The number of nitrogens with one attached hydrogen (secondary N) is 1. The Morgan fingerprint density at radius 1 is 1.47 bits per heavy atom. The maximum Gasteiger partial charge on any atom is 0.239 e. The highest BCUT2D eigenvalue weighted by atomic mass is 16.5. The van der Waals surface area contributed by atoms with Crippen LogP contribution in [0.2, 0.25) is 0 Å². The molecular weight excluding hydrogens is 246 g/mol. The molecule has 1 aliphatic heterocycles. The van der Waals surface area contributed by atoms with Gasteiger partial charge in [-0.1, -0.05) is 5.16 Å². The second kappa shape index (κ2) is 6.31. The fourth-order valence-electron chi connectivity index (χ4n) is 2.02. The SMILES string of the molecule is Cc1cc(NC(=O)CN2CCN(CC#N)CC2)no1. The van der Waals surface area contributed by atoms with E-state index in [1.54, 1.807) is 13.0 Å². The molecule has 1 saturated heterocycles. The highest BCUT2D eigenvalue weighted by molar-refractivity contribution is 5.91. The molecule has 2 rings (SSSR count). The second-order valence-corrected chi connectivity index (χ2v) is 4.58. The van der Waals surface area contributed by atoms with Gasteiger partial charge in [-0.05, 0) is 6.92 Å². The van der Waals surface area contributed by atoms with Gasteiger partial charge < -0.3 is 9.84 Å². The number of carbonyl (C=O) groups excluding carboxylic acids is 1. The number of hydrogen-bond donors (Lipinski definition) is 1. The number of amides is 1. The molecule has 0 unspecified atom stereocenters. The van der Waals surface area contributed by atoms with Crippen LogP contribution in [0.15, 0.2) is 10.6 Å². The van der Waals surface area contributed by atoms with Gasteiger partial charge in [-0.3, -0.25) is 14.6 Å². The van der Waals surface area contributed by atoms with E-state index in [0.717, 1.165) is 26.2 Å². The number of nitrogens with zero attached hydrogens (tertiary/aromatic N) is 4. The van der Waals surface area contributed by atoms with Gasteiger partial charge in [-0.15, -0.1) is 0 Å². The van der Waals surface area contributed by atoms with E-state index in [9.17, 15) is 4.79 Å². The Labute approximate surface area is 111 Å². The van der Waals surface area contributed by atoms with Crippen LogP contribution in [0.25, 0.3) is 0 Å². The van der Waals surface area contributed by atoms with Crippen molar-refractivity contribution in [3.63, 3.8) is 0 Å². The number of carbonyl (C=O) groups is 1. The fraction of sp³-hybridized carbons (Fsp3) is 0.583. The van der Waals surface area contributed by atoms with Crippen molar-refractivity contribution < 1.29 is 9.32 Å². The Kier molecular flexibility index (Phi) is 4.49. The van der Waals surface area contributed by atoms with E-state index in [-0.39, 0.29) is 5.91 Å². The average Bonchev–Trinajstić information content (AvgIpc) is 2.77. The first kappa shape index (κ1) is 13.5. The van der Waals surface area contributed by atoms with Gasteiger partial charge in [0.25, 0.3) is 0 Å². The summed E-state index contributed by atoms with van der Waals surface area (Å²) in [6, 6.07) is 3.82. The van der Waals surface area contributed by atoms with Gasteiger partial charge in [-0.2, -0.15) is 5.26 Å². The van der Waals surface area contributed by atoms with Crippen LogP contribution in [0.4, 0.5) is 5.82 Å². The molecule has 1 aliphatic rings. The number of anilines is 1. The van der Waals surface area contributed by atoms with Crippen molar-refractivity contribution in [2.45, 2.75) is 6.92 Å². The van der Waals surface area contributed by atoms with E-state index in [4.69, 9.17) is 9.78 Å². The van der Waals surface area contributed by atoms with Crippen molar-refractivity contribution in [1.82, 2.24) is 15.0 Å². The highest BCUT2D eigenvalue weighted by Crippen LogP contribution is 2.07. The average molecular weight is 263 g/mol. The molecule has 1 aromatic heterocycles. The van der Waals surface area contributed by atoms with Crippen LogP contribution in [-0.4, -0.2) is 60.1 Å². The van der Waals surface area contributed by atoms with Gasteiger partial charge in [0.1, 0.15) is 5.76 Å². The summed E-state index contributed by atoms with van der Waals surface area (Å²) >= 11 is 0. The summed E-state index contributed by atoms with van der Waals surface area (Å²) in [7, 11) is 0. The lowest BCUT2D eigenvalue weighted by atomic mass is 10.3. The Bertz CT molecular complexity index is 471. The fourth-order valence-corrected chi connectivity index (χ4v) is 2.02. The van der Waals surface area contributed by atoms with E-state index >= 15 is 0 Å². The molecule has 1 fully saturated rings. The van der Waals surface area contributed by atoms with Gasteiger partial charge in [0.05, 0.1) is 19.2 Å². The summed E-state index contributed by atoms with van der Waals surface area (Å²) in [5.74, 6) is 1.02. The Morgan fingerprint density at radius 3 is 2.74 bits per heavy atom. The van der Waals surface area contributed by atoms with E-state index < -0.39 is 0 Å². The Balaban J connectivity index is 1.73. The molecule has 7 nitrogen and oxygen atoms in total. The lowest BCUT2D eigenvalue weighted by molar-refractivity contribution is -0.117. The van der Waals surface area contributed by atoms with Crippen LogP contribution in [0, 0.1) is 18.3 Å². The van der Waals surface area contributed by atoms with E-state index in [0.29, 0.717) is 24.7 Å². The molecule has 1 amide bonds. The molecule has 0 bridgehead atoms. The van der Waals surface area contributed by atoms with E-state index in [2.05, 4.69) is 26.3 Å². The van der Waals surface area contributed by atoms with Crippen LogP contribution in [-0.2, 0) is 4.79 Å². The van der Waals surface area contributed by atoms with Gasteiger partial charge in [0.15, 0.2) is 5.82 Å². The lowest BCUT2D eigenvalue weighted by Crippen LogP contribution is -2.48. The van der Waals surface area contributed by atoms with Crippen LogP contribution in [0.5, 0.6) is 0 Å². The zero-order valence-corrected chi connectivity index (χ0v) is 10.9. The first-order chi connectivity index (χ1) is 9.17. The van der Waals surface area contributed by atoms with E-state index in [1.807, 2.05) is 0 Å². The molecule has 0 saturated carbocycles. The number of piperazine rings is 1. The molecule has 2 heterocycles. The topological polar surface area (TPSA) is 85.4 Å². The minimum Gasteiger partial charge on any atom is -0.360 e. The zero-order valence-electron chi connectivity index (χ0n) is 10.9. The molecular formula is C12H17N5O2.